The Morgan fingerprint density at radius 3 is 2.62 bits per heavy atom. The van der Waals surface area contributed by atoms with Crippen molar-refractivity contribution >= 4 is 23.5 Å². The highest BCUT2D eigenvalue weighted by molar-refractivity contribution is 5.93. The van der Waals surface area contributed by atoms with Gasteiger partial charge in [-0.05, 0) is 37.6 Å². The number of benzene rings is 1. The van der Waals surface area contributed by atoms with Gasteiger partial charge in [0.2, 0.25) is 5.91 Å². The first-order valence-corrected chi connectivity index (χ1v) is 9.25. The van der Waals surface area contributed by atoms with E-state index in [9.17, 15) is 9.59 Å². The summed E-state index contributed by atoms with van der Waals surface area (Å²) in [4.78, 5) is 29.2. The summed E-state index contributed by atoms with van der Waals surface area (Å²) in [5.41, 5.74) is 8.13. The second-order valence-corrected chi connectivity index (χ2v) is 6.86. The first-order chi connectivity index (χ1) is 13.8. The quantitative estimate of drug-likeness (QED) is 0.634. The van der Waals surface area contributed by atoms with Gasteiger partial charge < -0.3 is 20.7 Å². The summed E-state index contributed by atoms with van der Waals surface area (Å²) in [6, 6.07) is 8.79. The maximum Gasteiger partial charge on any atom is 0.409 e. The second-order valence-electron chi connectivity index (χ2n) is 6.86. The predicted octanol–water partition coefficient (Wildman–Crippen LogP) is 2.38. The van der Waals surface area contributed by atoms with Gasteiger partial charge in [0.25, 0.3) is 0 Å². The molecule has 2 amide bonds. The molecule has 0 saturated carbocycles. The topological polar surface area (TPSA) is 115 Å². The molecule has 0 aliphatic heterocycles. The van der Waals surface area contributed by atoms with Crippen molar-refractivity contribution in [1.82, 2.24) is 19.5 Å². The molecule has 0 atom stereocenters. The number of nitrogens with one attached hydrogen (secondary N) is 1. The van der Waals surface area contributed by atoms with Crippen LogP contribution in [0.15, 0.2) is 42.7 Å². The summed E-state index contributed by atoms with van der Waals surface area (Å²) >= 11 is 0. The molecule has 3 aromatic rings. The van der Waals surface area contributed by atoms with Gasteiger partial charge in [0.1, 0.15) is 5.82 Å². The van der Waals surface area contributed by atoms with E-state index in [1.54, 1.807) is 29.9 Å². The predicted molar refractivity (Wildman–Crippen MR) is 110 cm³/mol. The lowest BCUT2D eigenvalue weighted by Crippen LogP contribution is -2.33. The van der Waals surface area contributed by atoms with Crippen molar-refractivity contribution in [2.75, 3.05) is 25.5 Å². The van der Waals surface area contributed by atoms with E-state index in [4.69, 9.17) is 10.5 Å². The lowest BCUT2D eigenvalue weighted by atomic mass is 10.1. The van der Waals surface area contributed by atoms with Crippen LogP contribution in [0.1, 0.15) is 24.2 Å². The monoisotopic (exact) mass is 396 g/mol. The van der Waals surface area contributed by atoms with Crippen LogP contribution in [0.4, 0.5) is 10.6 Å². The van der Waals surface area contributed by atoms with Crippen LogP contribution in [0.2, 0.25) is 0 Å². The molecule has 2 aromatic heterocycles. The largest absolute Gasteiger partial charge is 0.447 e. The molecule has 9 nitrogen and oxygen atoms in total. The highest BCUT2D eigenvalue weighted by Crippen LogP contribution is 2.24. The van der Waals surface area contributed by atoms with E-state index < -0.39 is 5.91 Å². The summed E-state index contributed by atoms with van der Waals surface area (Å²) in [6.45, 7) is 4.62. The van der Waals surface area contributed by atoms with Crippen LogP contribution in [0.25, 0.3) is 16.8 Å². The van der Waals surface area contributed by atoms with Gasteiger partial charge in [0.05, 0.1) is 12.3 Å². The number of amides is 2. The van der Waals surface area contributed by atoms with E-state index in [0.717, 1.165) is 11.1 Å². The van der Waals surface area contributed by atoms with E-state index in [1.165, 1.54) is 4.90 Å². The molecule has 0 radical (unpaired) electrons. The SMILES string of the molecule is CC(C)OC(=O)N(C)CCNc1ccn2ncc(-c3ccc(C(N)=O)cc3)c2n1. The number of likely N-dealkylation sites (N-methyl/N-ethyl adjacent to an activating group) is 1. The van der Waals surface area contributed by atoms with Crippen molar-refractivity contribution in [2.24, 2.45) is 5.73 Å². The molecule has 0 aliphatic rings. The van der Waals surface area contributed by atoms with Crippen LogP contribution < -0.4 is 11.1 Å². The first-order valence-electron chi connectivity index (χ1n) is 9.25. The molecular formula is C20H24N6O3. The van der Waals surface area contributed by atoms with Crippen molar-refractivity contribution in [3.8, 4) is 11.1 Å². The van der Waals surface area contributed by atoms with Gasteiger partial charge >= 0.3 is 6.09 Å². The van der Waals surface area contributed by atoms with E-state index in [0.29, 0.717) is 30.1 Å². The minimum absolute atomic E-state index is 0.153. The van der Waals surface area contributed by atoms with Crippen LogP contribution in [0.3, 0.4) is 0 Å². The minimum atomic E-state index is -0.469. The summed E-state index contributed by atoms with van der Waals surface area (Å²) in [5.74, 6) is 0.196. The van der Waals surface area contributed by atoms with Gasteiger partial charge in [-0.2, -0.15) is 5.10 Å². The van der Waals surface area contributed by atoms with Crippen LogP contribution in [-0.2, 0) is 4.74 Å². The van der Waals surface area contributed by atoms with E-state index >= 15 is 0 Å². The normalized spacial score (nSPS) is 10.9. The Balaban J connectivity index is 1.70. The van der Waals surface area contributed by atoms with E-state index in [1.807, 2.05) is 38.2 Å². The zero-order chi connectivity index (χ0) is 21.0. The number of primary amides is 1. The number of rotatable bonds is 7. The Kier molecular flexibility index (Phi) is 5.96. The van der Waals surface area contributed by atoms with Gasteiger partial charge in [0.15, 0.2) is 5.65 Å². The lowest BCUT2D eigenvalue weighted by molar-refractivity contribution is 0.0850. The molecule has 0 aliphatic carbocycles. The zero-order valence-electron chi connectivity index (χ0n) is 16.6. The third-order valence-electron chi connectivity index (χ3n) is 4.25. The van der Waals surface area contributed by atoms with Crippen molar-refractivity contribution in [3.05, 3.63) is 48.3 Å². The average molecular weight is 396 g/mol. The number of aromatic nitrogens is 3. The van der Waals surface area contributed by atoms with Crippen molar-refractivity contribution in [1.29, 1.82) is 0 Å². The summed E-state index contributed by atoms with van der Waals surface area (Å²) in [6.07, 6.45) is 3.02. The summed E-state index contributed by atoms with van der Waals surface area (Å²) < 4.78 is 6.83. The number of carbonyl (C=O) groups is 2. The Labute approximate surface area is 168 Å². The Morgan fingerprint density at radius 2 is 1.97 bits per heavy atom. The first kappa shape index (κ1) is 20.1. The average Bonchev–Trinajstić information content (AvgIpc) is 3.10. The highest BCUT2D eigenvalue weighted by Gasteiger charge is 2.12. The minimum Gasteiger partial charge on any atom is -0.447 e. The Bertz CT molecular complexity index is 1010. The number of nitrogens with two attached hydrogens (primary N) is 1. The van der Waals surface area contributed by atoms with Gasteiger partial charge in [-0.3, -0.25) is 4.79 Å². The molecule has 0 fully saturated rings. The fourth-order valence-electron chi connectivity index (χ4n) is 2.72. The van der Waals surface area contributed by atoms with Crippen molar-refractivity contribution in [3.63, 3.8) is 0 Å². The molecule has 29 heavy (non-hydrogen) atoms. The second kappa shape index (κ2) is 8.59. The molecule has 9 heteroatoms. The van der Waals surface area contributed by atoms with Crippen molar-refractivity contribution < 1.29 is 14.3 Å². The summed E-state index contributed by atoms with van der Waals surface area (Å²) in [7, 11) is 1.69. The fraction of sp³-hybridized carbons (Fsp3) is 0.300. The van der Waals surface area contributed by atoms with E-state index in [-0.39, 0.29) is 12.2 Å². The van der Waals surface area contributed by atoms with Gasteiger partial charge in [-0.25, -0.2) is 14.3 Å². The molecule has 1 aromatic carbocycles. The number of anilines is 1. The lowest BCUT2D eigenvalue weighted by Gasteiger charge is -2.19. The highest BCUT2D eigenvalue weighted by atomic mass is 16.6. The van der Waals surface area contributed by atoms with Crippen LogP contribution in [-0.4, -0.2) is 57.7 Å². The van der Waals surface area contributed by atoms with Crippen LogP contribution in [0, 0.1) is 0 Å². The fourth-order valence-corrected chi connectivity index (χ4v) is 2.72. The number of ether oxygens (including phenoxy) is 1. The molecular weight excluding hydrogens is 372 g/mol. The third-order valence-corrected chi connectivity index (χ3v) is 4.25. The number of hydrogen-bond donors (Lipinski definition) is 2. The summed E-state index contributed by atoms with van der Waals surface area (Å²) in [5, 5.41) is 7.52. The molecule has 0 saturated heterocycles. The molecule has 3 N–H and O–H groups in total. The third kappa shape index (κ3) is 4.81. The van der Waals surface area contributed by atoms with Crippen molar-refractivity contribution in [2.45, 2.75) is 20.0 Å². The maximum absolute atomic E-state index is 11.8. The molecule has 0 unspecified atom stereocenters. The van der Waals surface area contributed by atoms with Gasteiger partial charge in [-0.1, -0.05) is 12.1 Å². The Hall–Kier alpha value is -3.62. The molecule has 0 bridgehead atoms. The number of hydrogen-bond acceptors (Lipinski definition) is 6. The zero-order valence-corrected chi connectivity index (χ0v) is 16.6. The molecule has 0 spiro atoms. The van der Waals surface area contributed by atoms with Gasteiger partial charge in [-0.15, -0.1) is 0 Å². The van der Waals surface area contributed by atoms with Gasteiger partial charge in [0, 0.05) is 37.5 Å². The number of nitrogens with zero attached hydrogens (tertiary/aromatic N) is 4. The molecule has 152 valence electrons. The maximum atomic E-state index is 11.8. The molecule has 2 heterocycles. The number of carbonyl (C=O) groups excluding carboxylic acids is 2. The number of fused-ring (bicyclic) bond motifs is 1. The standard InChI is InChI=1S/C20H24N6O3/c1-13(2)29-20(28)25(3)11-9-22-17-8-10-26-19(24-17)16(12-23-26)14-4-6-15(7-5-14)18(21)27/h4-8,10,12-13H,9,11H2,1-3H3,(H2,21,27)(H,22,24). The van der Waals surface area contributed by atoms with Crippen LogP contribution >= 0.6 is 0 Å². The molecule has 3 rings (SSSR count). The van der Waals surface area contributed by atoms with Crippen LogP contribution in [0.5, 0.6) is 0 Å². The Morgan fingerprint density at radius 1 is 1.24 bits per heavy atom. The smallest absolute Gasteiger partial charge is 0.409 e. The van der Waals surface area contributed by atoms with E-state index in [2.05, 4.69) is 15.4 Å².